The van der Waals surface area contributed by atoms with Crippen molar-refractivity contribution in [3.8, 4) is 0 Å². The van der Waals surface area contributed by atoms with E-state index in [1.807, 2.05) is 6.08 Å². The van der Waals surface area contributed by atoms with Crippen LogP contribution in [0.15, 0.2) is 11.6 Å². The molecule has 0 amide bonds. The van der Waals surface area contributed by atoms with Crippen molar-refractivity contribution in [2.75, 3.05) is 0 Å². The maximum Gasteiger partial charge on any atom is 0.336 e. The third-order valence-electron chi connectivity index (χ3n) is 3.96. The van der Waals surface area contributed by atoms with Crippen LogP contribution >= 0.6 is 0 Å². The molecule has 1 rings (SSSR count). The second kappa shape index (κ2) is 9.98. The predicted molar refractivity (Wildman–Crippen MR) is 81.5 cm³/mol. The van der Waals surface area contributed by atoms with Gasteiger partial charge in [-0.15, -0.1) is 0 Å². The minimum Gasteiger partial charge on any atom is -0.456 e. The van der Waals surface area contributed by atoms with Gasteiger partial charge in [0.2, 0.25) is 0 Å². The molecule has 3 heteroatoms. The van der Waals surface area contributed by atoms with Gasteiger partial charge < -0.3 is 9.84 Å². The molecule has 0 aromatic heterocycles. The normalized spacial score (nSPS) is 24.4. The van der Waals surface area contributed by atoms with Crippen molar-refractivity contribution in [3.63, 3.8) is 0 Å². The third kappa shape index (κ3) is 6.08. The van der Waals surface area contributed by atoms with E-state index in [9.17, 15) is 9.90 Å². The molecular formula is C17H30O3. The topological polar surface area (TPSA) is 46.5 Å². The number of aliphatic hydroxyl groups excluding tert-OH is 1. The Morgan fingerprint density at radius 3 is 2.10 bits per heavy atom. The van der Waals surface area contributed by atoms with E-state index in [-0.39, 0.29) is 5.97 Å². The number of aliphatic hydroxyl groups is 1. The number of esters is 1. The van der Waals surface area contributed by atoms with Crippen LogP contribution in [0.4, 0.5) is 0 Å². The van der Waals surface area contributed by atoms with Crippen LogP contribution in [0.1, 0.15) is 78.1 Å². The summed E-state index contributed by atoms with van der Waals surface area (Å²) in [7, 11) is 0. The first-order valence-corrected chi connectivity index (χ1v) is 8.26. The smallest absolute Gasteiger partial charge is 0.336 e. The van der Waals surface area contributed by atoms with Crippen LogP contribution in [-0.4, -0.2) is 23.3 Å². The highest BCUT2D eigenvalue weighted by molar-refractivity contribution is 5.92. The Kier molecular flexibility index (Phi) is 8.59. The van der Waals surface area contributed by atoms with E-state index in [1.54, 1.807) is 6.92 Å². The number of rotatable bonds is 10. The molecule has 1 N–H and O–H groups in total. The molecule has 2 unspecified atom stereocenters. The van der Waals surface area contributed by atoms with Crippen molar-refractivity contribution in [3.05, 3.63) is 11.6 Å². The molecule has 1 aliphatic rings. The van der Waals surface area contributed by atoms with Gasteiger partial charge in [-0.2, -0.15) is 0 Å². The minimum absolute atomic E-state index is 0.346. The molecule has 0 bridgehead atoms. The lowest BCUT2D eigenvalue weighted by molar-refractivity contribution is -0.138. The van der Waals surface area contributed by atoms with E-state index in [0.717, 1.165) is 12.8 Å². The predicted octanol–water partition coefficient (Wildman–Crippen LogP) is 4.14. The molecule has 1 fully saturated rings. The maximum absolute atomic E-state index is 11.4. The number of allylic oxidation sites excluding steroid dienone is 1. The van der Waals surface area contributed by atoms with E-state index in [0.29, 0.717) is 5.57 Å². The summed E-state index contributed by atoms with van der Waals surface area (Å²) in [5.41, 5.74) is 0.456. The molecule has 1 heterocycles. The Morgan fingerprint density at radius 1 is 1.05 bits per heavy atom. The van der Waals surface area contributed by atoms with Gasteiger partial charge in [-0.05, 0) is 19.8 Å². The van der Waals surface area contributed by atoms with Gasteiger partial charge in [0.15, 0.2) is 0 Å². The summed E-state index contributed by atoms with van der Waals surface area (Å²) in [6, 6.07) is 0. The minimum atomic E-state index is -0.735. The number of hydrogen-bond donors (Lipinski definition) is 1. The van der Waals surface area contributed by atoms with Crippen LogP contribution in [0.25, 0.3) is 0 Å². The molecule has 0 spiro atoms. The number of carbonyl (C=O) groups excluding carboxylic acids is 1. The number of carbonyl (C=O) groups is 1. The average molecular weight is 282 g/mol. The molecule has 0 aromatic rings. The van der Waals surface area contributed by atoms with Gasteiger partial charge in [-0.1, -0.05) is 64.4 Å². The Labute approximate surface area is 123 Å². The quantitative estimate of drug-likeness (QED) is 0.372. The van der Waals surface area contributed by atoms with E-state index in [2.05, 4.69) is 6.92 Å². The second-order valence-electron chi connectivity index (χ2n) is 5.83. The highest BCUT2D eigenvalue weighted by Gasteiger charge is 2.34. The summed E-state index contributed by atoms with van der Waals surface area (Å²) in [4.78, 5) is 11.4. The zero-order valence-corrected chi connectivity index (χ0v) is 13.1. The molecule has 20 heavy (non-hydrogen) atoms. The number of cyclic esters (lactones) is 1. The van der Waals surface area contributed by atoms with Crippen molar-refractivity contribution in [2.24, 2.45) is 0 Å². The lowest BCUT2D eigenvalue weighted by Gasteiger charge is -2.04. The summed E-state index contributed by atoms with van der Waals surface area (Å²) >= 11 is 0. The monoisotopic (exact) mass is 282 g/mol. The molecular weight excluding hydrogens is 252 g/mol. The zero-order valence-electron chi connectivity index (χ0n) is 13.1. The van der Waals surface area contributed by atoms with Crippen LogP contribution in [-0.2, 0) is 9.53 Å². The molecule has 2 atom stereocenters. The summed E-state index contributed by atoms with van der Waals surface area (Å²) < 4.78 is 4.97. The Balaban J connectivity index is 2.01. The molecule has 0 saturated carbocycles. The van der Waals surface area contributed by atoms with Crippen LogP contribution in [0, 0.1) is 0 Å². The Bertz CT molecular complexity index is 309. The van der Waals surface area contributed by atoms with Crippen molar-refractivity contribution in [2.45, 2.75) is 90.3 Å². The van der Waals surface area contributed by atoms with Crippen molar-refractivity contribution < 1.29 is 14.6 Å². The first kappa shape index (κ1) is 17.2. The fourth-order valence-corrected chi connectivity index (χ4v) is 2.59. The van der Waals surface area contributed by atoms with Crippen molar-refractivity contribution in [1.29, 1.82) is 0 Å². The second-order valence-corrected chi connectivity index (χ2v) is 5.83. The van der Waals surface area contributed by atoms with Crippen LogP contribution in [0.2, 0.25) is 0 Å². The fraction of sp³-hybridized carbons (Fsp3) is 0.824. The summed E-state index contributed by atoms with van der Waals surface area (Å²) in [6.45, 7) is 3.97. The average Bonchev–Trinajstić information content (AvgIpc) is 2.67. The number of ether oxygens (including phenoxy) is 1. The largest absolute Gasteiger partial charge is 0.456 e. The van der Waals surface area contributed by atoms with Gasteiger partial charge in [0, 0.05) is 0 Å². The molecule has 0 aromatic carbocycles. The first-order chi connectivity index (χ1) is 9.66. The highest BCUT2D eigenvalue weighted by Crippen LogP contribution is 2.22. The first-order valence-electron chi connectivity index (χ1n) is 8.26. The lowest BCUT2D eigenvalue weighted by atomic mass is 10.0. The molecule has 0 radical (unpaired) electrons. The van der Waals surface area contributed by atoms with Gasteiger partial charge in [-0.25, -0.2) is 4.79 Å². The summed E-state index contributed by atoms with van der Waals surface area (Å²) in [5, 5.41) is 9.76. The van der Waals surface area contributed by atoms with Crippen molar-refractivity contribution >= 4 is 5.97 Å². The number of unbranched alkanes of at least 4 members (excludes halogenated alkanes) is 9. The third-order valence-corrected chi connectivity index (χ3v) is 3.96. The van der Waals surface area contributed by atoms with Gasteiger partial charge in [-0.3, -0.25) is 0 Å². The van der Waals surface area contributed by atoms with Crippen LogP contribution in [0.3, 0.4) is 0 Å². The molecule has 3 nitrogen and oxygen atoms in total. The Morgan fingerprint density at radius 2 is 1.60 bits per heavy atom. The van der Waals surface area contributed by atoms with Crippen molar-refractivity contribution in [1.82, 2.24) is 0 Å². The molecule has 0 aliphatic carbocycles. The van der Waals surface area contributed by atoms with E-state index >= 15 is 0 Å². The van der Waals surface area contributed by atoms with Gasteiger partial charge in [0.25, 0.3) is 0 Å². The summed E-state index contributed by atoms with van der Waals surface area (Å²) in [6.07, 6.45) is 13.3. The Hall–Kier alpha value is -0.830. The maximum atomic E-state index is 11.4. The van der Waals surface area contributed by atoms with E-state index in [1.165, 1.54) is 51.4 Å². The standard InChI is InChI=1S/C17H30O3/c1-3-4-5-6-7-8-9-10-11-12-13-15-16(18)14(2)20-17(15)19/h13-14,16,18H,3-12H2,1-2H3. The van der Waals surface area contributed by atoms with Crippen LogP contribution in [0.5, 0.6) is 0 Å². The van der Waals surface area contributed by atoms with Gasteiger partial charge in [0.05, 0.1) is 5.57 Å². The lowest BCUT2D eigenvalue weighted by Crippen LogP contribution is -2.17. The van der Waals surface area contributed by atoms with Gasteiger partial charge >= 0.3 is 5.97 Å². The SMILES string of the molecule is CCCCCCCCCCCC=C1C(=O)OC(C)C1O. The molecule has 1 aliphatic heterocycles. The molecule has 116 valence electrons. The summed E-state index contributed by atoms with van der Waals surface area (Å²) in [5.74, 6) is -0.346. The van der Waals surface area contributed by atoms with Crippen LogP contribution < -0.4 is 0 Å². The highest BCUT2D eigenvalue weighted by atomic mass is 16.6. The van der Waals surface area contributed by atoms with E-state index in [4.69, 9.17) is 4.74 Å². The zero-order chi connectivity index (χ0) is 14.8. The van der Waals surface area contributed by atoms with E-state index < -0.39 is 12.2 Å². The fourth-order valence-electron chi connectivity index (χ4n) is 2.59. The number of hydrogen-bond acceptors (Lipinski definition) is 3. The van der Waals surface area contributed by atoms with Gasteiger partial charge in [0.1, 0.15) is 12.2 Å². The molecule has 1 saturated heterocycles.